The molecule has 0 unspecified atom stereocenters. The van der Waals surface area contributed by atoms with E-state index in [0.29, 0.717) is 0 Å². The van der Waals surface area contributed by atoms with Crippen LogP contribution in [0, 0.1) is 0 Å². The van der Waals surface area contributed by atoms with Gasteiger partial charge in [0, 0.05) is 11.5 Å². The van der Waals surface area contributed by atoms with Gasteiger partial charge in [0.2, 0.25) is 0 Å². The van der Waals surface area contributed by atoms with Crippen LogP contribution in [-0.2, 0) is 0 Å². The minimum atomic E-state index is 1.05. The molecule has 0 atom stereocenters. The first-order valence-corrected chi connectivity index (χ1v) is 16.6. The van der Waals surface area contributed by atoms with Crippen LogP contribution in [0.1, 0.15) is 77.0 Å². The lowest BCUT2D eigenvalue weighted by molar-refractivity contribution is 0.711. The minimum Gasteiger partial charge on any atom is -0.179 e. The zero-order valence-electron chi connectivity index (χ0n) is 16.7. The van der Waals surface area contributed by atoms with Crippen LogP contribution < -0.4 is 0 Å². The van der Waals surface area contributed by atoms with Gasteiger partial charge in [-0.3, -0.25) is 0 Å². The van der Waals surface area contributed by atoms with Crippen molar-refractivity contribution < 1.29 is 0 Å². The summed E-state index contributed by atoms with van der Waals surface area (Å²) in [6.45, 7) is 0. The average Bonchev–Trinajstić information content (AvgIpc) is 2.66. The standard InChI is InChI=1S/C20H42S6/c21-13-5-1-3-7-15-23-17-9-11-19-25-26-20-12-10-18-24-16-8-4-2-6-14-22/h21-22H,1-20H2. The first kappa shape index (κ1) is 28.1. The van der Waals surface area contributed by atoms with Crippen LogP contribution in [0.15, 0.2) is 0 Å². The molecule has 0 bridgehead atoms. The molecule has 0 amide bonds. The molecule has 26 heavy (non-hydrogen) atoms. The molecule has 0 aliphatic heterocycles. The SMILES string of the molecule is SCCCCCCSCCCCSSCCCCSCCCCCCS. The van der Waals surface area contributed by atoms with E-state index in [1.807, 2.05) is 0 Å². The summed E-state index contributed by atoms with van der Waals surface area (Å²) in [7, 11) is 4.19. The summed E-state index contributed by atoms with van der Waals surface area (Å²) in [4.78, 5) is 0. The van der Waals surface area contributed by atoms with Crippen molar-refractivity contribution >= 4 is 70.4 Å². The van der Waals surface area contributed by atoms with E-state index >= 15 is 0 Å². The van der Waals surface area contributed by atoms with Crippen LogP contribution in [0.3, 0.4) is 0 Å². The lowest BCUT2D eigenvalue weighted by Gasteiger charge is -2.04. The Morgan fingerprint density at radius 1 is 0.346 bits per heavy atom. The summed E-state index contributed by atoms with van der Waals surface area (Å²) in [6.07, 6.45) is 16.5. The van der Waals surface area contributed by atoms with Gasteiger partial charge in [-0.2, -0.15) is 48.8 Å². The minimum absolute atomic E-state index is 1.05. The second kappa shape index (κ2) is 27.1. The van der Waals surface area contributed by atoms with Gasteiger partial charge in [-0.1, -0.05) is 47.3 Å². The summed E-state index contributed by atoms with van der Waals surface area (Å²) < 4.78 is 0. The molecule has 6 heteroatoms. The van der Waals surface area contributed by atoms with Gasteiger partial charge in [-0.15, -0.1) is 0 Å². The van der Waals surface area contributed by atoms with Gasteiger partial charge >= 0.3 is 0 Å². The summed E-state index contributed by atoms with van der Waals surface area (Å²) in [5.74, 6) is 10.2. The van der Waals surface area contributed by atoms with Crippen molar-refractivity contribution in [2.75, 3.05) is 46.0 Å². The predicted octanol–water partition coefficient (Wildman–Crippen LogP) is 8.38. The first-order chi connectivity index (χ1) is 12.9. The van der Waals surface area contributed by atoms with E-state index < -0.39 is 0 Å². The van der Waals surface area contributed by atoms with Gasteiger partial charge in [0.15, 0.2) is 0 Å². The number of hydrogen-bond acceptors (Lipinski definition) is 6. The molecule has 0 aromatic heterocycles. The lowest BCUT2D eigenvalue weighted by Crippen LogP contribution is -1.88. The molecule has 0 aliphatic rings. The third-order valence-electron chi connectivity index (χ3n) is 4.01. The molecule has 0 rings (SSSR count). The predicted molar refractivity (Wildman–Crippen MR) is 143 cm³/mol. The van der Waals surface area contributed by atoms with Gasteiger partial charge in [-0.25, -0.2) is 0 Å². The van der Waals surface area contributed by atoms with E-state index in [1.54, 1.807) is 0 Å². The second-order valence-corrected chi connectivity index (χ2v) is 12.6. The van der Waals surface area contributed by atoms with Crippen molar-refractivity contribution in [2.24, 2.45) is 0 Å². The zero-order chi connectivity index (χ0) is 19.0. The summed E-state index contributed by atoms with van der Waals surface area (Å²) in [6, 6.07) is 0. The largest absolute Gasteiger partial charge is 0.179 e. The van der Waals surface area contributed by atoms with Gasteiger partial charge < -0.3 is 0 Å². The van der Waals surface area contributed by atoms with E-state index in [2.05, 4.69) is 70.4 Å². The van der Waals surface area contributed by atoms with Gasteiger partial charge in [0.25, 0.3) is 0 Å². The Kier molecular flexibility index (Phi) is 29.3. The maximum Gasteiger partial charge on any atom is 0.00372 e. The summed E-state index contributed by atoms with van der Waals surface area (Å²) >= 11 is 12.8. The molecule has 0 spiro atoms. The third-order valence-corrected chi connectivity index (χ3v) is 9.53. The Labute approximate surface area is 192 Å². The van der Waals surface area contributed by atoms with E-state index in [-0.39, 0.29) is 0 Å². The Bertz CT molecular complexity index is 216. The van der Waals surface area contributed by atoms with Crippen molar-refractivity contribution in [3.8, 4) is 0 Å². The maximum atomic E-state index is 4.26. The van der Waals surface area contributed by atoms with Crippen molar-refractivity contribution in [2.45, 2.75) is 77.0 Å². The molecular weight excluding hydrogens is 433 g/mol. The van der Waals surface area contributed by atoms with Crippen LogP contribution in [0.25, 0.3) is 0 Å². The highest BCUT2D eigenvalue weighted by Crippen LogP contribution is 2.24. The van der Waals surface area contributed by atoms with Crippen molar-refractivity contribution in [3.63, 3.8) is 0 Å². The molecule has 0 N–H and O–H groups in total. The van der Waals surface area contributed by atoms with E-state index in [4.69, 9.17) is 0 Å². The monoisotopic (exact) mass is 474 g/mol. The summed E-state index contributed by atoms with van der Waals surface area (Å²) in [5.41, 5.74) is 0. The van der Waals surface area contributed by atoms with Crippen molar-refractivity contribution in [3.05, 3.63) is 0 Å². The van der Waals surface area contributed by atoms with Crippen LogP contribution in [0.2, 0.25) is 0 Å². The van der Waals surface area contributed by atoms with Crippen LogP contribution >= 0.6 is 70.4 Å². The van der Waals surface area contributed by atoms with E-state index in [1.165, 1.54) is 112 Å². The van der Waals surface area contributed by atoms with Crippen LogP contribution in [0.4, 0.5) is 0 Å². The number of hydrogen-bond donors (Lipinski definition) is 2. The van der Waals surface area contributed by atoms with Gasteiger partial charge in [-0.05, 0) is 85.9 Å². The molecule has 0 fully saturated rings. The molecule has 158 valence electrons. The highest BCUT2D eigenvalue weighted by molar-refractivity contribution is 8.76. The zero-order valence-corrected chi connectivity index (χ0v) is 21.7. The fourth-order valence-electron chi connectivity index (χ4n) is 2.39. The molecule has 0 aromatic carbocycles. The number of thiol groups is 2. The normalized spacial score (nSPS) is 11.3. The molecule has 0 aliphatic carbocycles. The topological polar surface area (TPSA) is 0 Å². The fraction of sp³-hybridized carbons (Fsp3) is 1.00. The molecule has 0 saturated heterocycles. The van der Waals surface area contributed by atoms with Crippen LogP contribution in [-0.4, -0.2) is 46.0 Å². The summed E-state index contributed by atoms with van der Waals surface area (Å²) in [5, 5.41) is 0. The Hall–Kier alpha value is 2.10. The number of rotatable bonds is 23. The highest BCUT2D eigenvalue weighted by atomic mass is 33.1. The lowest BCUT2D eigenvalue weighted by atomic mass is 10.2. The Balaban J connectivity index is 2.95. The van der Waals surface area contributed by atoms with Crippen molar-refractivity contribution in [1.29, 1.82) is 0 Å². The van der Waals surface area contributed by atoms with Gasteiger partial charge in [0.1, 0.15) is 0 Å². The van der Waals surface area contributed by atoms with E-state index in [9.17, 15) is 0 Å². The Morgan fingerprint density at radius 2 is 0.654 bits per heavy atom. The molecule has 0 radical (unpaired) electrons. The van der Waals surface area contributed by atoms with Crippen LogP contribution in [0.5, 0.6) is 0 Å². The average molecular weight is 475 g/mol. The molecule has 0 saturated carbocycles. The Morgan fingerprint density at radius 3 is 1.04 bits per heavy atom. The van der Waals surface area contributed by atoms with E-state index in [0.717, 1.165) is 11.5 Å². The highest BCUT2D eigenvalue weighted by Gasteiger charge is 1.96. The smallest absolute Gasteiger partial charge is 0.00372 e. The van der Waals surface area contributed by atoms with Crippen molar-refractivity contribution in [1.82, 2.24) is 0 Å². The molecule has 0 heterocycles. The molecular formula is C20H42S6. The second-order valence-electron chi connectivity index (χ2n) is 6.56. The quantitative estimate of drug-likeness (QED) is 0.0866. The molecule has 0 nitrogen and oxygen atoms in total. The third kappa shape index (κ3) is 26.1. The fourth-order valence-corrected chi connectivity index (χ4v) is 7.17. The maximum absolute atomic E-state index is 4.26. The first-order valence-electron chi connectivity index (χ1n) is 10.5. The molecule has 0 aromatic rings. The number of thioether (sulfide) groups is 2. The van der Waals surface area contributed by atoms with Gasteiger partial charge in [0.05, 0.1) is 0 Å². The number of unbranched alkanes of at least 4 members (excludes halogenated alkanes) is 8.